The number of thiazole rings is 1. The van der Waals surface area contributed by atoms with Gasteiger partial charge in [0.25, 0.3) is 0 Å². The molecule has 80 valence electrons. The van der Waals surface area contributed by atoms with E-state index >= 15 is 0 Å². The number of halogens is 1. The van der Waals surface area contributed by atoms with Crippen molar-refractivity contribution in [3.8, 4) is 0 Å². The van der Waals surface area contributed by atoms with Gasteiger partial charge in [-0.1, -0.05) is 0 Å². The van der Waals surface area contributed by atoms with Crippen molar-refractivity contribution in [2.24, 2.45) is 0 Å². The average Bonchev–Trinajstić information content (AvgIpc) is 2.48. The van der Waals surface area contributed by atoms with Gasteiger partial charge in [-0.3, -0.25) is 0 Å². The summed E-state index contributed by atoms with van der Waals surface area (Å²) in [5, 5.41) is 11.1. The molecule has 0 aromatic carbocycles. The lowest BCUT2D eigenvalue weighted by molar-refractivity contribution is 0.0691. The van der Waals surface area contributed by atoms with Gasteiger partial charge in [0.1, 0.15) is 0 Å². The number of carboxylic acids is 1. The maximum Gasteiger partial charge on any atom is 0.355 e. The van der Waals surface area contributed by atoms with Gasteiger partial charge < -0.3 is 10.0 Å². The molecule has 1 rings (SSSR count). The molecule has 0 amide bonds. The van der Waals surface area contributed by atoms with Gasteiger partial charge in [0.15, 0.2) is 5.69 Å². The minimum Gasteiger partial charge on any atom is -0.476 e. The molecule has 0 aliphatic heterocycles. The van der Waals surface area contributed by atoms with Gasteiger partial charge in [0, 0.05) is 18.3 Å². The zero-order valence-corrected chi connectivity index (χ0v) is 9.69. The van der Waals surface area contributed by atoms with E-state index in [1.165, 1.54) is 11.3 Å². The fraction of sp³-hybridized carbons (Fsp3) is 0.500. The van der Waals surface area contributed by atoms with Crippen molar-refractivity contribution in [3.05, 3.63) is 16.1 Å². The third-order valence-electron chi connectivity index (χ3n) is 1.54. The summed E-state index contributed by atoms with van der Waals surface area (Å²) in [7, 11) is 3.96. The predicted octanol–water partition coefficient (Wildman–Crippen LogP) is 1.37. The van der Waals surface area contributed by atoms with Gasteiger partial charge in [0.05, 0.1) is 5.01 Å². The maximum atomic E-state index is 10.5. The number of aromatic nitrogens is 1. The molecule has 0 saturated heterocycles. The maximum absolute atomic E-state index is 10.5. The third kappa shape index (κ3) is 4.04. The Morgan fingerprint density at radius 1 is 1.64 bits per heavy atom. The van der Waals surface area contributed by atoms with E-state index < -0.39 is 5.97 Å². The fourth-order valence-corrected chi connectivity index (χ4v) is 1.60. The summed E-state index contributed by atoms with van der Waals surface area (Å²) in [5.74, 6) is -0.952. The molecule has 0 aliphatic rings. The normalized spacial score (nSPS) is 9.93. The van der Waals surface area contributed by atoms with Crippen molar-refractivity contribution in [2.75, 3.05) is 20.6 Å². The van der Waals surface area contributed by atoms with E-state index in [0.717, 1.165) is 18.0 Å². The first-order chi connectivity index (χ1) is 6.09. The van der Waals surface area contributed by atoms with Crippen LogP contribution in [0.1, 0.15) is 15.5 Å². The summed E-state index contributed by atoms with van der Waals surface area (Å²) in [6.45, 7) is 0.895. The zero-order valence-electron chi connectivity index (χ0n) is 8.06. The highest BCUT2D eigenvalue weighted by Crippen LogP contribution is 2.10. The van der Waals surface area contributed by atoms with E-state index in [0.29, 0.717) is 0 Å². The molecular weight excluding hydrogens is 224 g/mol. The van der Waals surface area contributed by atoms with E-state index in [1.54, 1.807) is 5.38 Å². The fourth-order valence-electron chi connectivity index (χ4n) is 0.843. The first kappa shape index (κ1) is 13.4. The highest BCUT2D eigenvalue weighted by Gasteiger charge is 2.07. The molecule has 1 aromatic heterocycles. The molecule has 0 fully saturated rings. The van der Waals surface area contributed by atoms with E-state index in [1.807, 2.05) is 19.0 Å². The Morgan fingerprint density at radius 2 is 2.29 bits per heavy atom. The van der Waals surface area contributed by atoms with Crippen LogP contribution in [0, 0.1) is 0 Å². The second-order valence-electron chi connectivity index (χ2n) is 2.98. The highest BCUT2D eigenvalue weighted by molar-refractivity contribution is 7.09. The van der Waals surface area contributed by atoms with Crippen LogP contribution in [-0.4, -0.2) is 41.6 Å². The van der Waals surface area contributed by atoms with E-state index in [-0.39, 0.29) is 18.1 Å². The lowest BCUT2D eigenvalue weighted by Gasteiger charge is -2.06. The smallest absolute Gasteiger partial charge is 0.355 e. The molecule has 0 radical (unpaired) electrons. The zero-order chi connectivity index (χ0) is 9.84. The number of rotatable bonds is 4. The molecule has 0 saturated carbocycles. The summed E-state index contributed by atoms with van der Waals surface area (Å²) >= 11 is 1.40. The number of aromatic carboxylic acids is 1. The van der Waals surface area contributed by atoms with Crippen molar-refractivity contribution in [3.63, 3.8) is 0 Å². The molecule has 6 heteroatoms. The number of hydrogen-bond acceptors (Lipinski definition) is 4. The second-order valence-corrected chi connectivity index (χ2v) is 3.93. The number of carbonyl (C=O) groups is 1. The molecule has 4 nitrogen and oxygen atoms in total. The quantitative estimate of drug-likeness (QED) is 0.858. The van der Waals surface area contributed by atoms with Gasteiger partial charge in [-0.15, -0.1) is 23.7 Å². The predicted molar refractivity (Wildman–Crippen MR) is 58.6 cm³/mol. The van der Waals surface area contributed by atoms with Gasteiger partial charge in [0.2, 0.25) is 0 Å². The van der Waals surface area contributed by atoms with Crippen LogP contribution in [-0.2, 0) is 6.42 Å². The Kier molecular flexibility index (Phi) is 5.68. The van der Waals surface area contributed by atoms with Crippen LogP contribution in [0.3, 0.4) is 0 Å². The largest absolute Gasteiger partial charge is 0.476 e. The molecule has 1 aromatic rings. The van der Waals surface area contributed by atoms with Crippen molar-refractivity contribution in [2.45, 2.75) is 6.42 Å². The molecule has 0 atom stereocenters. The minimum absolute atomic E-state index is 0. The molecule has 0 bridgehead atoms. The molecule has 0 aliphatic carbocycles. The Morgan fingerprint density at radius 3 is 2.71 bits per heavy atom. The highest BCUT2D eigenvalue weighted by atomic mass is 35.5. The second kappa shape index (κ2) is 5.95. The van der Waals surface area contributed by atoms with E-state index in [4.69, 9.17) is 5.11 Å². The van der Waals surface area contributed by atoms with E-state index in [9.17, 15) is 4.79 Å². The van der Waals surface area contributed by atoms with Crippen LogP contribution in [0.25, 0.3) is 0 Å². The van der Waals surface area contributed by atoms with Crippen LogP contribution in [0.15, 0.2) is 5.38 Å². The number of likely N-dealkylation sites (N-methyl/N-ethyl adjacent to an activating group) is 1. The molecular formula is C8H13ClN2O2S. The van der Waals surface area contributed by atoms with Crippen LogP contribution < -0.4 is 0 Å². The van der Waals surface area contributed by atoms with Gasteiger partial charge in [-0.2, -0.15) is 0 Å². The van der Waals surface area contributed by atoms with E-state index in [2.05, 4.69) is 4.98 Å². The summed E-state index contributed by atoms with van der Waals surface area (Å²) in [6.07, 6.45) is 0.810. The first-order valence-electron chi connectivity index (χ1n) is 3.92. The minimum atomic E-state index is -0.952. The van der Waals surface area contributed by atoms with Crippen molar-refractivity contribution >= 4 is 29.7 Å². The summed E-state index contributed by atoms with van der Waals surface area (Å²) in [4.78, 5) is 16.5. The van der Waals surface area contributed by atoms with Gasteiger partial charge >= 0.3 is 5.97 Å². The van der Waals surface area contributed by atoms with Crippen LogP contribution in [0.5, 0.6) is 0 Å². The lowest BCUT2D eigenvalue weighted by atomic mass is 10.4. The van der Waals surface area contributed by atoms with Crippen LogP contribution >= 0.6 is 23.7 Å². The van der Waals surface area contributed by atoms with Gasteiger partial charge in [-0.05, 0) is 14.1 Å². The molecule has 0 spiro atoms. The molecule has 1 heterocycles. The number of hydrogen-bond donors (Lipinski definition) is 1. The lowest BCUT2D eigenvalue weighted by Crippen LogP contribution is -2.15. The molecule has 0 unspecified atom stereocenters. The monoisotopic (exact) mass is 236 g/mol. The standard InChI is InChI=1S/C8H12N2O2S.ClH/c1-10(2)4-3-7-9-6(5-13-7)8(11)12;/h5H,3-4H2,1-2H3,(H,11,12);1H. The van der Waals surface area contributed by atoms with Crippen molar-refractivity contribution < 1.29 is 9.90 Å². The number of carboxylic acid groups (broad SMARTS) is 1. The van der Waals surface area contributed by atoms with Crippen LogP contribution in [0.2, 0.25) is 0 Å². The molecule has 1 N–H and O–H groups in total. The van der Waals surface area contributed by atoms with Crippen molar-refractivity contribution in [1.82, 2.24) is 9.88 Å². The third-order valence-corrected chi connectivity index (χ3v) is 2.45. The summed E-state index contributed by atoms with van der Waals surface area (Å²) in [5.41, 5.74) is 0.152. The first-order valence-corrected chi connectivity index (χ1v) is 4.80. The average molecular weight is 237 g/mol. The summed E-state index contributed by atoms with van der Waals surface area (Å²) < 4.78 is 0. The van der Waals surface area contributed by atoms with Crippen molar-refractivity contribution in [1.29, 1.82) is 0 Å². The Balaban J connectivity index is 0.00000169. The van der Waals surface area contributed by atoms with Gasteiger partial charge in [-0.25, -0.2) is 9.78 Å². The SMILES string of the molecule is CN(C)CCc1nc(C(=O)O)cs1.Cl. The Bertz CT molecular complexity index is 301. The number of nitrogens with zero attached hydrogens (tertiary/aromatic N) is 2. The molecule has 14 heavy (non-hydrogen) atoms. The Hall–Kier alpha value is -0.650. The topological polar surface area (TPSA) is 53.4 Å². The Labute approximate surface area is 93.0 Å². The summed E-state index contributed by atoms with van der Waals surface area (Å²) in [6, 6.07) is 0. The van der Waals surface area contributed by atoms with Crippen LogP contribution in [0.4, 0.5) is 0 Å².